The van der Waals surface area contributed by atoms with Crippen molar-refractivity contribution in [1.29, 1.82) is 0 Å². The lowest BCUT2D eigenvalue weighted by Gasteiger charge is -2.17. The Hall–Kier alpha value is -0.710. The quantitative estimate of drug-likeness (QED) is 0.641. The molecule has 0 atom stereocenters. The van der Waals surface area contributed by atoms with Crippen molar-refractivity contribution in [1.82, 2.24) is 0 Å². The highest BCUT2D eigenvalue weighted by atomic mass is 32.2. The Balaban J connectivity index is 3.64. The van der Waals surface area contributed by atoms with E-state index < -0.39 is 17.4 Å². The van der Waals surface area contributed by atoms with Crippen LogP contribution in [0.3, 0.4) is 0 Å². The molecule has 0 rings (SSSR count). The minimum atomic E-state index is -0.852. The summed E-state index contributed by atoms with van der Waals surface area (Å²) in [6.45, 7) is 3.26. The molecule has 0 saturated heterocycles. The number of hydrogen-bond acceptors (Lipinski definition) is 3. The Morgan fingerprint density at radius 2 is 1.85 bits per heavy atom. The van der Waals surface area contributed by atoms with Gasteiger partial charge >= 0.3 is 11.9 Å². The van der Waals surface area contributed by atoms with E-state index in [4.69, 9.17) is 10.2 Å². The molecule has 0 aliphatic heterocycles. The van der Waals surface area contributed by atoms with Crippen LogP contribution in [0.15, 0.2) is 0 Å². The van der Waals surface area contributed by atoms with Crippen molar-refractivity contribution in [2.24, 2.45) is 5.41 Å². The summed E-state index contributed by atoms with van der Waals surface area (Å²) in [6, 6.07) is 0. The lowest BCUT2D eigenvalue weighted by molar-refractivity contribution is -0.145. The van der Waals surface area contributed by atoms with Crippen LogP contribution in [-0.4, -0.2) is 33.7 Å². The number of rotatable bonds is 6. The minimum absolute atomic E-state index is 0.0837. The molecule has 0 aromatic carbocycles. The van der Waals surface area contributed by atoms with Crippen molar-refractivity contribution in [2.75, 3.05) is 11.5 Å². The Bertz CT molecular complexity index is 200. The molecule has 13 heavy (non-hydrogen) atoms. The van der Waals surface area contributed by atoms with Crippen LogP contribution in [-0.2, 0) is 9.59 Å². The van der Waals surface area contributed by atoms with Crippen LogP contribution >= 0.6 is 11.8 Å². The highest BCUT2D eigenvalue weighted by Crippen LogP contribution is 2.22. The van der Waals surface area contributed by atoms with Crippen LogP contribution in [0.1, 0.15) is 20.3 Å². The fourth-order valence-corrected chi connectivity index (χ4v) is 1.65. The number of carbonyl (C=O) groups is 2. The van der Waals surface area contributed by atoms with Gasteiger partial charge in [-0.1, -0.05) is 0 Å². The van der Waals surface area contributed by atoms with Gasteiger partial charge in [-0.3, -0.25) is 9.59 Å². The van der Waals surface area contributed by atoms with Gasteiger partial charge < -0.3 is 10.2 Å². The first kappa shape index (κ1) is 12.3. The summed E-state index contributed by atoms with van der Waals surface area (Å²) >= 11 is 1.36. The summed E-state index contributed by atoms with van der Waals surface area (Å²) in [5, 5.41) is 17.0. The number of carboxylic acids is 2. The van der Waals surface area contributed by atoms with Gasteiger partial charge in [-0.15, -0.1) is 0 Å². The zero-order valence-corrected chi connectivity index (χ0v) is 8.56. The molecule has 0 fully saturated rings. The molecular weight excluding hydrogens is 192 g/mol. The molecule has 0 amide bonds. The van der Waals surface area contributed by atoms with E-state index in [0.717, 1.165) is 0 Å². The van der Waals surface area contributed by atoms with Crippen LogP contribution < -0.4 is 0 Å². The summed E-state index contributed by atoms with van der Waals surface area (Å²) in [6.07, 6.45) is 0.0837. The van der Waals surface area contributed by atoms with E-state index in [9.17, 15) is 9.59 Å². The minimum Gasteiger partial charge on any atom is -0.481 e. The van der Waals surface area contributed by atoms with E-state index in [1.807, 2.05) is 0 Å². The van der Waals surface area contributed by atoms with E-state index in [0.29, 0.717) is 11.5 Å². The highest BCUT2D eigenvalue weighted by molar-refractivity contribution is 7.99. The molecule has 0 aromatic heterocycles. The Morgan fingerprint density at radius 1 is 1.31 bits per heavy atom. The molecule has 0 bridgehead atoms. The largest absolute Gasteiger partial charge is 0.481 e. The van der Waals surface area contributed by atoms with E-state index >= 15 is 0 Å². The van der Waals surface area contributed by atoms with Crippen molar-refractivity contribution in [2.45, 2.75) is 20.3 Å². The lowest BCUT2D eigenvalue weighted by Crippen LogP contribution is -2.26. The number of thioether (sulfide) groups is 1. The number of aliphatic carboxylic acids is 2. The van der Waals surface area contributed by atoms with Crippen molar-refractivity contribution >= 4 is 23.7 Å². The van der Waals surface area contributed by atoms with Crippen LogP contribution in [0, 0.1) is 5.41 Å². The maximum atomic E-state index is 10.6. The van der Waals surface area contributed by atoms with Crippen molar-refractivity contribution in [3.8, 4) is 0 Å². The molecule has 0 radical (unpaired) electrons. The van der Waals surface area contributed by atoms with Gasteiger partial charge in [-0.2, -0.15) is 11.8 Å². The average molecular weight is 206 g/mol. The topological polar surface area (TPSA) is 74.6 Å². The predicted octanol–water partition coefficient (Wildman–Crippen LogP) is 1.31. The molecule has 0 aromatic rings. The van der Waals surface area contributed by atoms with E-state index in [-0.39, 0.29) is 6.42 Å². The molecule has 0 spiro atoms. The maximum absolute atomic E-state index is 10.6. The summed E-state index contributed by atoms with van der Waals surface area (Å²) in [5.74, 6) is -0.794. The third-order valence-electron chi connectivity index (χ3n) is 1.50. The smallest absolute Gasteiger partial charge is 0.309 e. The molecule has 0 aliphatic carbocycles. The predicted molar refractivity (Wildman–Crippen MR) is 51.0 cm³/mol. The van der Waals surface area contributed by atoms with Crippen LogP contribution in [0.2, 0.25) is 0 Å². The van der Waals surface area contributed by atoms with Gasteiger partial charge in [-0.05, 0) is 13.8 Å². The molecule has 5 heteroatoms. The van der Waals surface area contributed by atoms with Gasteiger partial charge in [-0.25, -0.2) is 0 Å². The standard InChI is InChI=1S/C8H14O4S/c1-8(2,7(11)12)5-13-4-3-6(9)10/h3-5H2,1-2H3,(H,9,10)(H,11,12). The molecule has 2 N–H and O–H groups in total. The zero-order valence-electron chi connectivity index (χ0n) is 7.74. The Morgan fingerprint density at radius 3 is 2.23 bits per heavy atom. The number of hydrogen-bond donors (Lipinski definition) is 2. The summed E-state index contributed by atoms with van der Waals surface area (Å²) in [5.41, 5.74) is -0.775. The first-order valence-electron chi connectivity index (χ1n) is 3.89. The molecule has 76 valence electrons. The van der Waals surface area contributed by atoms with E-state index in [2.05, 4.69) is 0 Å². The molecule has 4 nitrogen and oxygen atoms in total. The fourth-order valence-electron chi connectivity index (χ4n) is 0.549. The highest BCUT2D eigenvalue weighted by Gasteiger charge is 2.26. The second kappa shape index (κ2) is 5.11. The van der Waals surface area contributed by atoms with Crippen molar-refractivity contribution in [3.05, 3.63) is 0 Å². The SMILES string of the molecule is CC(C)(CSCCC(=O)O)C(=O)O. The number of carboxylic acid groups (broad SMARTS) is 2. The average Bonchev–Trinajstić information content (AvgIpc) is 1.97. The first-order valence-corrected chi connectivity index (χ1v) is 5.04. The van der Waals surface area contributed by atoms with Gasteiger partial charge in [0.1, 0.15) is 0 Å². The van der Waals surface area contributed by atoms with Crippen LogP contribution in [0.4, 0.5) is 0 Å². The van der Waals surface area contributed by atoms with Crippen LogP contribution in [0.5, 0.6) is 0 Å². The summed E-state index contributed by atoms with van der Waals surface area (Å²) < 4.78 is 0. The van der Waals surface area contributed by atoms with Gasteiger partial charge in [0.05, 0.1) is 11.8 Å². The monoisotopic (exact) mass is 206 g/mol. The van der Waals surface area contributed by atoms with Gasteiger partial charge in [0.2, 0.25) is 0 Å². The molecule has 0 aliphatic rings. The second-order valence-corrected chi connectivity index (χ2v) is 4.49. The fraction of sp³-hybridized carbons (Fsp3) is 0.750. The Labute approximate surface area is 81.3 Å². The second-order valence-electron chi connectivity index (χ2n) is 3.39. The zero-order chi connectivity index (χ0) is 10.5. The molecule has 0 saturated carbocycles. The van der Waals surface area contributed by atoms with E-state index in [1.165, 1.54) is 11.8 Å². The van der Waals surface area contributed by atoms with Gasteiger partial charge in [0.25, 0.3) is 0 Å². The summed E-state index contributed by atoms with van der Waals surface area (Å²) in [7, 11) is 0. The molecular formula is C8H14O4S. The lowest BCUT2D eigenvalue weighted by atomic mass is 9.97. The maximum Gasteiger partial charge on any atom is 0.309 e. The first-order chi connectivity index (χ1) is 5.86. The molecule has 0 heterocycles. The normalized spacial score (nSPS) is 11.2. The Kier molecular flexibility index (Phi) is 4.83. The van der Waals surface area contributed by atoms with Crippen molar-refractivity contribution in [3.63, 3.8) is 0 Å². The summed E-state index contributed by atoms with van der Waals surface area (Å²) in [4.78, 5) is 20.7. The van der Waals surface area contributed by atoms with Crippen LogP contribution in [0.25, 0.3) is 0 Å². The van der Waals surface area contributed by atoms with E-state index in [1.54, 1.807) is 13.8 Å². The third-order valence-corrected chi connectivity index (χ3v) is 2.92. The third kappa shape index (κ3) is 5.52. The van der Waals surface area contributed by atoms with Gasteiger partial charge in [0, 0.05) is 11.5 Å². The van der Waals surface area contributed by atoms with Crippen molar-refractivity contribution < 1.29 is 19.8 Å². The van der Waals surface area contributed by atoms with Gasteiger partial charge in [0.15, 0.2) is 0 Å². The molecule has 0 unspecified atom stereocenters.